The number of hydrogen-bond acceptors (Lipinski definition) is 4. The Hall–Kier alpha value is -2.89. The number of ether oxygens (including phenoxy) is 1. The van der Waals surface area contributed by atoms with Crippen molar-refractivity contribution in [3.8, 4) is 5.75 Å². The van der Waals surface area contributed by atoms with Crippen molar-refractivity contribution < 1.29 is 13.5 Å². The van der Waals surface area contributed by atoms with E-state index in [9.17, 15) is 8.78 Å². The van der Waals surface area contributed by atoms with Gasteiger partial charge in [0.15, 0.2) is 0 Å². The summed E-state index contributed by atoms with van der Waals surface area (Å²) >= 11 is 0. The lowest BCUT2D eigenvalue weighted by Crippen LogP contribution is -2.46. The largest absolute Gasteiger partial charge is 0.497 e. The predicted octanol–water partition coefficient (Wildman–Crippen LogP) is 3.85. The molecule has 0 aliphatic carbocycles. The van der Waals surface area contributed by atoms with Gasteiger partial charge in [0.25, 0.3) is 0 Å². The molecule has 0 unspecified atom stereocenters. The van der Waals surface area contributed by atoms with E-state index in [1.165, 1.54) is 6.20 Å². The number of pyridine rings is 1. The Balaban J connectivity index is 1.57. The molecule has 0 radical (unpaired) electrons. The third-order valence-electron chi connectivity index (χ3n) is 4.83. The summed E-state index contributed by atoms with van der Waals surface area (Å²) in [7, 11) is 1.65. The van der Waals surface area contributed by atoms with Crippen LogP contribution in [0.15, 0.2) is 48.7 Å². The molecular formula is C20H19F2N3O. The van der Waals surface area contributed by atoms with Crippen LogP contribution in [-0.4, -0.2) is 38.3 Å². The van der Waals surface area contributed by atoms with Crippen LogP contribution in [0.2, 0.25) is 0 Å². The number of fused-ring (bicyclic) bond motifs is 1. The molecule has 0 N–H and O–H groups in total. The number of nitrogens with zero attached hydrogens (tertiary/aromatic N) is 3. The van der Waals surface area contributed by atoms with E-state index in [0.717, 1.165) is 49.7 Å². The zero-order valence-electron chi connectivity index (χ0n) is 14.5. The van der Waals surface area contributed by atoms with Crippen LogP contribution in [0.4, 0.5) is 20.2 Å². The zero-order valence-corrected chi connectivity index (χ0v) is 14.5. The van der Waals surface area contributed by atoms with Crippen molar-refractivity contribution in [2.75, 3.05) is 43.1 Å². The SMILES string of the molecule is COc1ccc(N2CCN(c3ccnc4c(F)ccc(F)c34)CC2)cc1. The zero-order chi connectivity index (χ0) is 18.1. The molecule has 3 aromatic rings. The molecule has 0 atom stereocenters. The van der Waals surface area contributed by atoms with Crippen molar-refractivity contribution in [2.24, 2.45) is 0 Å². The molecule has 1 saturated heterocycles. The topological polar surface area (TPSA) is 28.6 Å². The summed E-state index contributed by atoms with van der Waals surface area (Å²) in [6.07, 6.45) is 1.54. The third-order valence-corrected chi connectivity index (χ3v) is 4.83. The van der Waals surface area contributed by atoms with Crippen molar-refractivity contribution in [3.63, 3.8) is 0 Å². The van der Waals surface area contributed by atoms with E-state index >= 15 is 0 Å². The molecule has 2 heterocycles. The van der Waals surface area contributed by atoms with Crippen LogP contribution in [-0.2, 0) is 0 Å². The molecule has 2 aromatic carbocycles. The quantitative estimate of drug-likeness (QED) is 0.714. The summed E-state index contributed by atoms with van der Waals surface area (Å²) in [5.74, 6) is -0.115. The minimum Gasteiger partial charge on any atom is -0.497 e. The molecule has 0 saturated carbocycles. The number of halogens is 2. The summed E-state index contributed by atoms with van der Waals surface area (Å²) in [6.45, 7) is 3.04. The summed E-state index contributed by atoms with van der Waals surface area (Å²) in [5, 5.41) is 0.255. The average Bonchev–Trinajstić information content (AvgIpc) is 2.71. The molecule has 1 fully saturated rings. The lowest BCUT2D eigenvalue weighted by molar-refractivity contribution is 0.415. The summed E-state index contributed by atoms with van der Waals surface area (Å²) < 4.78 is 33.5. The first-order chi connectivity index (χ1) is 12.7. The smallest absolute Gasteiger partial charge is 0.149 e. The minimum atomic E-state index is -0.500. The predicted molar refractivity (Wildman–Crippen MR) is 99.1 cm³/mol. The van der Waals surface area contributed by atoms with E-state index in [-0.39, 0.29) is 10.9 Å². The highest BCUT2D eigenvalue weighted by molar-refractivity contribution is 5.92. The van der Waals surface area contributed by atoms with E-state index in [2.05, 4.69) is 14.8 Å². The van der Waals surface area contributed by atoms with Crippen LogP contribution in [0.5, 0.6) is 5.75 Å². The van der Waals surface area contributed by atoms with Gasteiger partial charge in [0.2, 0.25) is 0 Å². The van der Waals surface area contributed by atoms with Crippen LogP contribution in [0.1, 0.15) is 0 Å². The Morgan fingerprint density at radius 3 is 2.19 bits per heavy atom. The third kappa shape index (κ3) is 2.92. The number of benzene rings is 2. The van der Waals surface area contributed by atoms with E-state index in [4.69, 9.17) is 4.74 Å². The Labute approximate surface area is 150 Å². The molecule has 0 spiro atoms. The van der Waals surface area contributed by atoms with Crippen LogP contribution < -0.4 is 14.5 Å². The van der Waals surface area contributed by atoms with Crippen molar-refractivity contribution >= 4 is 22.3 Å². The lowest BCUT2D eigenvalue weighted by Gasteiger charge is -2.37. The highest BCUT2D eigenvalue weighted by Gasteiger charge is 2.21. The van der Waals surface area contributed by atoms with Gasteiger partial charge in [-0.2, -0.15) is 0 Å². The van der Waals surface area contributed by atoms with Crippen molar-refractivity contribution in [1.29, 1.82) is 0 Å². The average molecular weight is 355 g/mol. The number of anilines is 2. The Morgan fingerprint density at radius 1 is 0.846 bits per heavy atom. The molecule has 4 rings (SSSR count). The fraction of sp³-hybridized carbons (Fsp3) is 0.250. The Morgan fingerprint density at radius 2 is 1.50 bits per heavy atom. The number of rotatable bonds is 3. The fourth-order valence-electron chi connectivity index (χ4n) is 3.44. The van der Waals surface area contributed by atoms with Gasteiger partial charge >= 0.3 is 0 Å². The van der Waals surface area contributed by atoms with E-state index in [1.807, 2.05) is 24.3 Å². The minimum absolute atomic E-state index is 0.0834. The molecule has 6 heteroatoms. The van der Waals surface area contributed by atoms with Crippen LogP contribution in [0, 0.1) is 11.6 Å². The van der Waals surface area contributed by atoms with Gasteiger partial charge in [-0.1, -0.05) is 0 Å². The van der Waals surface area contributed by atoms with Gasteiger partial charge in [0, 0.05) is 38.1 Å². The van der Waals surface area contributed by atoms with E-state index < -0.39 is 11.6 Å². The van der Waals surface area contributed by atoms with E-state index in [0.29, 0.717) is 5.69 Å². The molecule has 1 aliphatic rings. The summed E-state index contributed by atoms with van der Waals surface area (Å²) in [5.41, 5.74) is 1.91. The van der Waals surface area contributed by atoms with Crippen molar-refractivity contribution in [3.05, 3.63) is 60.3 Å². The molecule has 1 aromatic heterocycles. The van der Waals surface area contributed by atoms with Gasteiger partial charge in [-0.05, 0) is 42.5 Å². The van der Waals surface area contributed by atoms with Gasteiger partial charge < -0.3 is 14.5 Å². The first-order valence-electron chi connectivity index (χ1n) is 8.54. The highest BCUT2D eigenvalue weighted by atomic mass is 19.1. The molecule has 0 bridgehead atoms. The van der Waals surface area contributed by atoms with Gasteiger partial charge in [-0.3, -0.25) is 4.98 Å². The second kappa shape index (κ2) is 6.78. The number of aromatic nitrogens is 1. The second-order valence-corrected chi connectivity index (χ2v) is 6.26. The lowest BCUT2D eigenvalue weighted by atomic mass is 10.1. The summed E-state index contributed by atoms with van der Waals surface area (Å²) in [4.78, 5) is 8.38. The number of methoxy groups -OCH3 is 1. The Bertz CT molecular complexity index is 922. The molecule has 26 heavy (non-hydrogen) atoms. The molecule has 4 nitrogen and oxygen atoms in total. The van der Waals surface area contributed by atoms with Gasteiger partial charge in [0.05, 0.1) is 18.2 Å². The van der Waals surface area contributed by atoms with Crippen LogP contribution in [0.3, 0.4) is 0 Å². The first-order valence-corrected chi connectivity index (χ1v) is 8.54. The van der Waals surface area contributed by atoms with Crippen molar-refractivity contribution in [2.45, 2.75) is 0 Å². The first kappa shape index (κ1) is 16.6. The number of piperazine rings is 1. The standard InChI is InChI=1S/C20H19F2N3O/c1-26-15-4-2-14(3-5-15)24-10-12-25(13-11-24)18-8-9-23-20-17(22)7-6-16(21)19(18)20/h2-9H,10-13H2,1H3. The van der Waals surface area contributed by atoms with Gasteiger partial charge in [0.1, 0.15) is 22.9 Å². The van der Waals surface area contributed by atoms with E-state index in [1.54, 1.807) is 13.2 Å². The normalized spacial score (nSPS) is 14.7. The van der Waals surface area contributed by atoms with Crippen LogP contribution >= 0.6 is 0 Å². The fourth-order valence-corrected chi connectivity index (χ4v) is 3.44. The number of hydrogen-bond donors (Lipinski definition) is 0. The molecule has 134 valence electrons. The van der Waals surface area contributed by atoms with Crippen LogP contribution in [0.25, 0.3) is 10.9 Å². The Kier molecular flexibility index (Phi) is 4.32. The molecule has 0 amide bonds. The maximum atomic E-state index is 14.3. The maximum absolute atomic E-state index is 14.3. The molecular weight excluding hydrogens is 336 g/mol. The van der Waals surface area contributed by atoms with Gasteiger partial charge in [-0.15, -0.1) is 0 Å². The highest BCUT2D eigenvalue weighted by Crippen LogP contribution is 2.31. The van der Waals surface area contributed by atoms with Crippen molar-refractivity contribution in [1.82, 2.24) is 4.98 Å². The summed E-state index contributed by atoms with van der Waals surface area (Å²) in [6, 6.07) is 12.0. The van der Waals surface area contributed by atoms with Gasteiger partial charge in [-0.25, -0.2) is 8.78 Å². The monoisotopic (exact) mass is 355 g/mol. The maximum Gasteiger partial charge on any atom is 0.149 e. The molecule has 1 aliphatic heterocycles. The second-order valence-electron chi connectivity index (χ2n) is 6.26.